The zero-order valence-corrected chi connectivity index (χ0v) is 17.2. The number of aliphatic hydroxyl groups is 1. The van der Waals surface area contributed by atoms with Crippen LogP contribution in [0.1, 0.15) is 51.5 Å². The fourth-order valence-electron chi connectivity index (χ4n) is 4.61. The van der Waals surface area contributed by atoms with E-state index in [1.807, 2.05) is 0 Å². The van der Waals surface area contributed by atoms with Crippen molar-refractivity contribution in [2.24, 2.45) is 5.92 Å². The fraction of sp³-hybridized carbons (Fsp3) is 0.636. The van der Waals surface area contributed by atoms with Crippen LogP contribution in [0.3, 0.4) is 0 Å². The van der Waals surface area contributed by atoms with Crippen molar-refractivity contribution in [3.63, 3.8) is 0 Å². The van der Waals surface area contributed by atoms with E-state index in [1.165, 1.54) is 31.4 Å². The van der Waals surface area contributed by atoms with Crippen molar-refractivity contribution in [3.05, 3.63) is 29.6 Å². The lowest BCUT2D eigenvalue weighted by Gasteiger charge is -2.41. The summed E-state index contributed by atoms with van der Waals surface area (Å²) in [4.78, 5) is 29.0. The second kappa shape index (κ2) is 7.36. The number of amides is 3. The third-order valence-corrected chi connectivity index (χ3v) is 6.91. The van der Waals surface area contributed by atoms with Crippen molar-refractivity contribution in [2.75, 3.05) is 31.1 Å². The van der Waals surface area contributed by atoms with Crippen LogP contribution < -0.4 is 10.2 Å². The summed E-state index contributed by atoms with van der Waals surface area (Å²) in [6, 6.07) is 3.46. The monoisotopic (exact) mass is 403 g/mol. The van der Waals surface area contributed by atoms with Gasteiger partial charge in [0.2, 0.25) is 5.91 Å². The predicted octanol–water partition coefficient (Wildman–Crippen LogP) is 2.79. The molecule has 0 aromatic heterocycles. The number of hydrogen-bond donors (Lipinski definition) is 2. The topological polar surface area (TPSA) is 72.9 Å². The van der Waals surface area contributed by atoms with Gasteiger partial charge in [-0.25, -0.2) is 14.1 Å². The van der Waals surface area contributed by atoms with Gasteiger partial charge in [-0.15, -0.1) is 0 Å². The average molecular weight is 403 g/mol. The molecular weight excluding hydrogens is 373 g/mol. The molecule has 4 rings (SSSR count). The number of nitrogens with one attached hydrogen (secondary N) is 1. The first-order valence-electron chi connectivity index (χ1n) is 10.6. The number of imide groups is 1. The van der Waals surface area contributed by atoms with Gasteiger partial charge < -0.3 is 15.3 Å². The Labute approximate surface area is 171 Å². The number of halogens is 1. The SMILES string of the molecule is CC1(C)C(=O)N(C(=O)NCC2(O)CCN(CC3CCC3)CC2)c2cc(F)ccc21. The molecule has 158 valence electrons. The van der Waals surface area contributed by atoms with Crippen molar-refractivity contribution in [3.8, 4) is 0 Å². The zero-order chi connectivity index (χ0) is 20.8. The third kappa shape index (κ3) is 3.78. The molecule has 6 nitrogen and oxygen atoms in total. The molecule has 3 amide bonds. The van der Waals surface area contributed by atoms with E-state index in [2.05, 4.69) is 10.2 Å². The number of benzene rings is 1. The maximum atomic E-state index is 13.8. The van der Waals surface area contributed by atoms with E-state index in [4.69, 9.17) is 0 Å². The number of nitrogens with zero attached hydrogens (tertiary/aromatic N) is 2. The number of fused-ring (bicyclic) bond motifs is 1. The van der Waals surface area contributed by atoms with Crippen LogP contribution in [0.15, 0.2) is 18.2 Å². The van der Waals surface area contributed by atoms with Gasteiger partial charge in [0.25, 0.3) is 0 Å². The first kappa shape index (κ1) is 20.3. The van der Waals surface area contributed by atoms with Crippen LogP contribution >= 0.6 is 0 Å². The summed E-state index contributed by atoms with van der Waals surface area (Å²) in [6.45, 7) is 6.26. The number of carbonyl (C=O) groups excluding carboxylic acids is 2. The van der Waals surface area contributed by atoms with E-state index < -0.39 is 28.8 Å². The molecule has 1 saturated heterocycles. The lowest BCUT2D eigenvalue weighted by molar-refractivity contribution is -0.121. The summed E-state index contributed by atoms with van der Waals surface area (Å²) in [5.41, 5.74) is -0.972. The predicted molar refractivity (Wildman–Crippen MR) is 108 cm³/mol. The standard InChI is InChI=1S/C22H30FN3O3/c1-21(2)17-7-6-16(23)12-18(17)26(19(21)27)20(28)24-14-22(29)8-10-25(11-9-22)13-15-4-3-5-15/h6-7,12,15,29H,3-5,8-11,13-14H2,1-2H3,(H,24,28). The number of urea groups is 1. The lowest BCUT2D eigenvalue weighted by atomic mass is 9.84. The minimum absolute atomic E-state index is 0.0813. The number of likely N-dealkylation sites (tertiary alicyclic amines) is 1. The maximum Gasteiger partial charge on any atom is 0.328 e. The summed E-state index contributed by atoms with van der Waals surface area (Å²) < 4.78 is 13.8. The smallest absolute Gasteiger partial charge is 0.328 e. The molecule has 1 aliphatic carbocycles. The second-order valence-corrected chi connectivity index (χ2v) is 9.41. The van der Waals surface area contributed by atoms with Crippen LogP contribution in [0, 0.1) is 11.7 Å². The largest absolute Gasteiger partial charge is 0.388 e. The Morgan fingerprint density at radius 1 is 1.28 bits per heavy atom. The highest BCUT2D eigenvalue weighted by Gasteiger charge is 2.47. The minimum Gasteiger partial charge on any atom is -0.388 e. The highest BCUT2D eigenvalue weighted by molar-refractivity contribution is 6.22. The molecule has 29 heavy (non-hydrogen) atoms. The Morgan fingerprint density at radius 3 is 2.59 bits per heavy atom. The van der Waals surface area contributed by atoms with Gasteiger partial charge in [0, 0.05) is 26.2 Å². The molecule has 0 atom stereocenters. The average Bonchev–Trinajstić information content (AvgIpc) is 2.83. The maximum absolute atomic E-state index is 13.8. The lowest BCUT2D eigenvalue weighted by Crippen LogP contribution is -2.54. The van der Waals surface area contributed by atoms with E-state index >= 15 is 0 Å². The van der Waals surface area contributed by atoms with E-state index in [1.54, 1.807) is 19.9 Å². The number of piperidine rings is 1. The first-order chi connectivity index (χ1) is 13.7. The Bertz CT molecular complexity index is 814. The molecule has 2 aliphatic heterocycles. The van der Waals surface area contributed by atoms with Crippen LogP contribution in [0.25, 0.3) is 0 Å². The van der Waals surface area contributed by atoms with Gasteiger partial charge in [0.1, 0.15) is 5.82 Å². The number of rotatable bonds is 4. The first-order valence-corrected chi connectivity index (χ1v) is 10.6. The Hall–Kier alpha value is -1.99. The van der Waals surface area contributed by atoms with Gasteiger partial charge in [0.15, 0.2) is 0 Å². The highest BCUT2D eigenvalue weighted by atomic mass is 19.1. The van der Waals surface area contributed by atoms with Crippen LogP contribution in [0.4, 0.5) is 14.9 Å². The number of hydrogen-bond acceptors (Lipinski definition) is 4. The van der Waals surface area contributed by atoms with Gasteiger partial charge in [-0.3, -0.25) is 4.79 Å². The quantitative estimate of drug-likeness (QED) is 0.811. The molecule has 2 N–H and O–H groups in total. The van der Waals surface area contributed by atoms with Crippen molar-refractivity contribution >= 4 is 17.6 Å². The third-order valence-electron chi connectivity index (χ3n) is 6.91. The van der Waals surface area contributed by atoms with Crippen molar-refractivity contribution in [1.82, 2.24) is 10.2 Å². The van der Waals surface area contributed by atoms with Crippen molar-refractivity contribution in [1.29, 1.82) is 0 Å². The summed E-state index contributed by atoms with van der Waals surface area (Å²) in [5.74, 6) is -0.0895. The normalized spacial score (nSPS) is 23.6. The van der Waals surface area contributed by atoms with Crippen LogP contribution in [0.2, 0.25) is 0 Å². The molecule has 0 bridgehead atoms. The van der Waals surface area contributed by atoms with Crippen molar-refractivity contribution in [2.45, 2.75) is 57.0 Å². The Balaban J connectivity index is 1.37. The van der Waals surface area contributed by atoms with Gasteiger partial charge in [-0.1, -0.05) is 12.5 Å². The molecule has 3 aliphatic rings. The van der Waals surface area contributed by atoms with E-state index in [-0.39, 0.29) is 12.2 Å². The molecular formula is C22H30FN3O3. The molecule has 0 unspecified atom stereocenters. The minimum atomic E-state index is -0.977. The second-order valence-electron chi connectivity index (χ2n) is 9.41. The van der Waals surface area contributed by atoms with E-state index in [0.717, 1.165) is 30.5 Å². The summed E-state index contributed by atoms with van der Waals surface area (Å²) in [7, 11) is 0. The number of carbonyl (C=O) groups is 2. The van der Waals surface area contributed by atoms with E-state index in [0.29, 0.717) is 18.4 Å². The van der Waals surface area contributed by atoms with Crippen LogP contribution in [0.5, 0.6) is 0 Å². The molecule has 0 radical (unpaired) electrons. The van der Waals surface area contributed by atoms with Gasteiger partial charge in [-0.2, -0.15) is 0 Å². The summed E-state index contributed by atoms with van der Waals surface area (Å²) >= 11 is 0. The fourth-order valence-corrected chi connectivity index (χ4v) is 4.61. The molecule has 2 heterocycles. The van der Waals surface area contributed by atoms with Crippen LogP contribution in [-0.2, 0) is 10.2 Å². The summed E-state index contributed by atoms with van der Waals surface area (Å²) in [6.07, 6.45) is 5.11. The Kier molecular flexibility index (Phi) is 5.15. The molecule has 7 heteroatoms. The zero-order valence-electron chi connectivity index (χ0n) is 17.2. The summed E-state index contributed by atoms with van der Waals surface area (Å²) in [5, 5.41) is 13.6. The molecule has 2 fully saturated rings. The molecule has 0 spiro atoms. The van der Waals surface area contributed by atoms with Crippen LogP contribution in [-0.4, -0.2) is 53.7 Å². The highest BCUT2D eigenvalue weighted by Crippen LogP contribution is 2.41. The molecule has 1 saturated carbocycles. The van der Waals surface area contributed by atoms with E-state index in [9.17, 15) is 19.1 Å². The Morgan fingerprint density at radius 2 is 1.97 bits per heavy atom. The molecule has 1 aromatic carbocycles. The molecule has 1 aromatic rings. The van der Waals surface area contributed by atoms with Gasteiger partial charge in [0.05, 0.1) is 16.7 Å². The van der Waals surface area contributed by atoms with Gasteiger partial charge in [-0.05, 0) is 63.1 Å². The van der Waals surface area contributed by atoms with Crippen molar-refractivity contribution < 1.29 is 19.1 Å². The van der Waals surface area contributed by atoms with Gasteiger partial charge >= 0.3 is 6.03 Å². The number of anilines is 1.